The zero-order valence-electron chi connectivity index (χ0n) is 11.3. The predicted octanol–water partition coefficient (Wildman–Crippen LogP) is 4.71. The molecule has 0 heterocycles. The van der Waals surface area contributed by atoms with E-state index in [0.29, 0.717) is 0 Å². The lowest BCUT2D eigenvalue weighted by molar-refractivity contribution is 0.323. The molecule has 0 bridgehead atoms. The van der Waals surface area contributed by atoms with Crippen LogP contribution in [0.15, 0.2) is 4.99 Å². The fourth-order valence-corrected chi connectivity index (χ4v) is 2.88. The first-order chi connectivity index (χ1) is 7.74. The van der Waals surface area contributed by atoms with Gasteiger partial charge in [0.25, 0.3) is 0 Å². The second-order valence-corrected chi connectivity index (χ2v) is 5.80. The summed E-state index contributed by atoms with van der Waals surface area (Å²) in [7, 11) is 0. The molecule has 0 radical (unpaired) electrons. The third-order valence-corrected chi connectivity index (χ3v) is 4.40. The van der Waals surface area contributed by atoms with E-state index in [1.54, 1.807) is 0 Å². The Bertz CT molecular complexity index is 188. The van der Waals surface area contributed by atoms with Gasteiger partial charge in [0.15, 0.2) is 0 Å². The minimum atomic E-state index is 0.818. The molecule has 0 aliphatic heterocycles. The van der Waals surface area contributed by atoms with E-state index in [4.69, 9.17) is 0 Å². The molecule has 1 heteroatoms. The van der Waals surface area contributed by atoms with E-state index >= 15 is 0 Å². The van der Waals surface area contributed by atoms with Crippen molar-refractivity contribution in [2.75, 3.05) is 6.54 Å². The molecule has 1 rings (SSSR count). The molecule has 94 valence electrons. The van der Waals surface area contributed by atoms with E-state index < -0.39 is 0 Å². The van der Waals surface area contributed by atoms with Gasteiger partial charge in [0.2, 0.25) is 0 Å². The van der Waals surface area contributed by atoms with E-state index in [1.165, 1.54) is 51.4 Å². The summed E-state index contributed by atoms with van der Waals surface area (Å²) in [4.78, 5) is 4.09. The summed E-state index contributed by atoms with van der Waals surface area (Å²) < 4.78 is 0. The van der Waals surface area contributed by atoms with Crippen LogP contribution in [-0.4, -0.2) is 13.3 Å². The van der Waals surface area contributed by atoms with Crippen molar-refractivity contribution < 1.29 is 0 Å². The van der Waals surface area contributed by atoms with Gasteiger partial charge in [-0.1, -0.05) is 52.4 Å². The Morgan fingerprint density at radius 1 is 0.875 bits per heavy atom. The molecular weight excluding hydrogens is 194 g/mol. The topological polar surface area (TPSA) is 12.4 Å². The van der Waals surface area contributed by atoms with Crippen molar-refractivity contribution in [3.63, 3.8) is 0 Å². The van der Waals surface area contributed by atoms with Crippen molar-refractivity contribution in [1.82, 2.24) is 0 Å². The van der Waals surface area contributed by atoms with Gasteiger partial charge in [0, 0.05) is 6.54 Å². The smallest absolute Gasteiger partial charge is 0.0410 e. The zero-order valence-corrected chi connectivity index (χ0v) is 11.3. The minimum absolute atomic E-state index is 0.818. The van der Waals surface area contributed by atoms with Gasteiger partial charge >= 0.3 is 0 Å². The number of nitrogens with zero attached hydrogens (tertiary/aromatic N) is 1. The summed E-state index contributed by atoms with van der Waals surface area (Å²) >= 11 is 0. The zero-order chi connectivity index (χ0) is 11.8. The van der Waals surface area contributed by atoms with Gasteiger partial charge in [0.1, 0.15) is 0 Å². The SMILES string of the molecule is C=NCC1CCCCCC(C)C(C)CCC1. The van der Waals surface area contributed by atoms with Crippen LogP contribution in [0.4, 0.5) is 0 Å². The normalized spacial score (nSPS) is 34.0. The lowest BCUT2D eigenvalue weighted by Gasteiger charge is -2.19. The molecule has 0 N–H and O–H groups in total. The summed E-state index contributed by atoms with van der Waals surface area (Å²) in [5.41, 5.74) is 0. The standard InChI is InChI=1S/C15H29N/c1-13-8-5-4-6-10-15(12-16-3)11-7-9-14(13)2/h13-15H,3-12H2,1-2H3. The van der Waals surface area contributed by atoms with Crippen LogP contribution in [0.25, 0.3) is 0 Å². The monoisotopic (exact) mass is 223 g/mol. The molecule has 0 aromatic rings. The maximum atomic E-state index is 4.09. The maximum absolute atomic E-state index is 4.09. The highest BCUT2D eigenvalue weighted by molar-refractivity contribution is 5.23. The molecule has 0 saturated heterocycles. The Balaban J connectivity index is 2.40. The molecule has 0 amide bonds. The highest BCUT2D eigenvalue weighted by atomic mass is 14.7. The molecule has 1 saturated carbocycles. The summed E-state index contributed by atoms with van der Waals surface area (Å²) in [6.07, 6.45) is 11.2. The van der Waals surface area contributed by atoms with Gasteiger partial charge in [0.05, 0.1) is 0 Å². The minimum Gasteiger partial charge on any atom is -0.301 e. The van der Waals surface area contributed by atoms with Crippen LogP contribution in [0, 0.1) is 17.8 Å². The van der Waals surface area contributed by atoms with Crippen LogP contribution < -0.4 is 0 Å². The van der Waals surface area contributed by atoms with Gasteiger partial charge < -0.3 is 4.99 Å². The predicted molar refractivity (Wildman–Crippen MR) is 73.2 cm³/mol. The highest BCUT2D eigenvalue weighted by Gasteiger charge is 2.15. The van der Waals surface area contributed by atoms with Crippen LogP contribution in [0.1, 0.15) is 65.2 Å². The van der Waals surface area contributed by atoms with Crippen molar-refractivity contribution >= 4 is 6.72 Å². The van der Waals surface area contributed by atoms with Crippen molar-refractivity contribution in [1.29, 1.82) is 0 Å². The van der Waals surface area contributed by atoms with Crippen LogP contribution in [0.3, 0.4) is 0 Å². The Morgan fingerprint density at radius 2 is 1.44 bits per heavy atom. The summed E-state index contributed by atoms with van der Waals surface area (Å²) in [5.74, 6) is 2.66. The van der Waals surface area contributed by atoms with Crippen molar-refractivity contribution in [2.24, 2.45) is 22.7 Å². The third-order valence-electron chi connectivity index (χ3n) is 4.40. The van der Waals surface area contributed by atoms with Crippen LogP contribution in [-0.2, 0) is 0 Å². The largest absolute Gasteiger partial charge is 0.301 e. The van der Waals surface area contributed by atoms with Gasteiger partial charge in [-0.05, 0) is 37.3 Å². The number of hydrogen-bond acceptors (Lipinski definition) is 1. The number of aliphatic imine (C=N–C) groups is 1. The molecular formula is C15H29N. The second-order valence-electron chi connectivity index (χ2n) is 5.80. The molecule has 1 nitrogen and oxygen atoms in total. The number of rotatable bonds is 2. The molecule has 0 aromatic carbocycles. The fraction of sp³-hybridized carbons (Fsp3) is 0.933. The van der Waals surface area contributed by atoms with E-state index in [1.807, 2.05) is 0 Å². The molecule has 1 aliphatic carbocycles. The Kier molecular flexibility index (Phi) is 6.75. The van der Waals surface area contributed by atoms with E-state index in [9.17, 15) is 0 Å². The Hall–Kier alpha value is -0.330. The summed E-state index contributed by atoms with van der Waals surface area (Å²) in [5, 5.41) is 0. The van der Waals surface area contributed by atoms with Gasteiger partial charge in [-0.15, -0.1) is 0 Å². The quantitative estimate of drug-likeness (QED) is 0.601. The molecule has 3 unspecified atom stereocenters. The highest BCUT2D eigenvalue weighted by Crippen LogP contribution is 2.27. The van der Waals surface area contributed by atoms with Crippen molar-refractivity contribution in [3.8, 4) is 0 Å². The summed E-state index contributed by atoms with van der Waals surface area (Å²) in [6.45, 7) is 9.51. The van der Waals surface area contributed by atoms with Gasteiger partial charge in [-0.2, -0.15) is 0 Å². The first kappa shape index (κ1) is 13.7. The first-order valence-electron chi connectivity index (χ1n) is 7.16. The molecule has 1 aliphatic rings. The third kappa shape index (κ3) is 5.14. The van der Waals surface area contributed by atoms with Crippen LogP contribution in [0.5, 0.6) is 0 Å². The van der Waals surface area contributed by atoms with Gasteiger partial charge in [-0.25, -0.2) is 0 Å². The van der Waals surface area contributed by atoms with E-state index in [0.717, 1.165) is 24.3 Å². The molecule has 0 aromatic heterocycles. The summed E-state index contributed by atoms with van der Waals surface area (Å²) in [6, 6.07) is 0. The van der Waals surface area contributed by atoms with Crippen molar-refractivity contribution in [3.05, 3.63) is 0 Å². The van der Waals surface area contributed by atoms with E-state index in [-0.39, 0.29) is 0 Å². The maximum Gasteiger partial charge on any atom is 0.0410 e. The number of hydrogen-bond donors (Lipinski definition) is 0. The molecule has 16 heavy (non-hydrogen) atoms. The second kappa shape index (κ2) is 7.86. The Morgan fingerprint density at radius 3 is 2.12 bits per heavy atom. The lowest BCUT2D eigenvalue weighted by atomic mass is 9.87. The first-order valence-corrected chi connectivity index (χ1v) is 7.16. The lowest BCUT2D eigenvalue weighted by Crippen LogP contribution is -2.09. The average Bonchev–Trinajstić information content (AvgIpc) is 2.29. The molecule has 1 fully saturated rings. The van der Waals surface area contributed by atoms with Gasteiger partial charge in [-0.3, -0.25) is 0 Å². The Labute approximate surface area is 102 Å². The van der Waals surface area contributed by atoms with Crippen molar-refractivity contribution in [2.45, 2.75) is 65.2 Å². The molecule has 3 atom stereocenters. The molecule has 0 spiro atoms. The van der Waals surface area contributed by atoms with Crippen LogP contribution >= 0.6 is 0 Å². The van der Waals surface area contributed by atoms with Crippen LogP contribution in [0.2, 0.25) is 0 Å². The average molecular weight is 223 g/mol. The fourth-order valence-electron chi connectivity index (χ4n) is 2.88. The van der Waals surface area contributed by atoms with E-state index in [2.05, 4.69) is 25.6 Å².